The Balaban J connectivity index is 1.53. The lowest BCUT2D eigenvalue weighted by Crippen LogP contribution is -2.57. The van der Waals surface area contributed by atoms with Crippen LogP contribution in [-0.4, -0.2) is 34.6 Å². The molecule has 1 aromatic rings. The van der Waals surface area contributed by atoms with Crippen LogP contribution in [0.15, 0.2) is 16.9 Å². The zero-order valence-corrected chi connectivity index (χ0v) is 13.4. The van der Waals surface area contributed by atoms with E-state index in [-0.39, 0.29) is 17.6 Å². The zero-order chi connectivity index (χ0) is 15.7. The number of likely N-dealkylation sites (tertiary alicyclic amines) is 1. The van der Waals surface area contributed by atoms with E-state index in [0.717, 1.165) is 18.5 Å². The molecule has 22 heavy (non-hydrogen) atoms. The van der Waals surface area contributed by atoms with Crippen molar-refractivity contribution in [3.63, 3.8) is 0 Å². The fourth-order valence-electron chi connectivity index (χ4n) is 3.30. The summed E-state index contributed by atoms with van der Waals surface area (Å²) >= 11 is 0. The third kappa shape index (κ3) is 3.03. The van der Waals surface area contributed by atoms with Crippen molar-refractivity contribution >= 4 is 5.91 Å². The SMILES string of the molecule is Cc1cc(OC2CN(C(=O)C3CCCCC3)C2)cc(=O)n1C. The number of carbonyl (C=O) groups excluding carboxylic acids is 1. The third-order valence-electron chi connectivity index (χ3n) is 4.89. The Hall–Kier alpha value is -1.78. The summed E-state index contributed by atoms with van der Waals surface area (Å²) in [6.45, 7) is 3.17. The van der Waals surface area contributed by atoms with Gasteiger partial charge in [-0.05, 0) is 25.8 Å². The zero-order valence-electron chi connectivity index (χ0n) is 13.4. The lowest BCUT2D eigenvalue weighted by atomic mass is 9.87. The molecule has 1 saturated heterocycles. The standard InChI is InChI=1S/C17H24N2O3/c1-12-8-14(9-16(20)18(12)2)22-15-10-19(11-15)17(21)13-6-4-3-5-7-13/h8-9,13,15H,3-7,10-11H2,1-2H3. The van der Waals surface area contributed by atoms with E-state index in [9.17, 15) is 9.59 Å². The van der Waals surface area contributed by atoms with Gasteiger partial charge >= 0.3 is 0 Å². The van der Waals surface area contributed by atoms with Crippen molar-refractivity contribution in [1.82, 2.24) is 9.47 Å². The van der Waals surface area contributed by atoms with Gasteiger partial charge in [0, 0.05) is 24.7 Å². The van der Waals surface area contributed by atoms with Gasteiger partial charge in [-0.25, -0.2) is 0 Å². The molecule has 0 radical (unpaired) electrons. The molecule has 120 valence electrons. The molecule has 1 saturated carbocycles. The fourth-order valence-corrected chi connectivity index (χ4v) is 3.30. The summed E-state index contributed by atoms with van der Waals surface area (Å²) in [4.78, 5) is 26.0. The van der Waals surface area contributed by atoms with Crippen LogP contribution in [0.4, 0.5) is 0 Å². The Morgan fingerprint density at radius 1 is 1.18 bits per heavy atom. The average Bonchev–Trinajstić information content (AvgIpc) is 2.48. The van der Waals surface area contributed by atoms with E-state index in [4.69, 9.17) is 4.74 Å². The molecular weight excluding hydrogens is 280 g/mol. The van der Waals surface area contributed by atoms with E-state index in [1.54, 1.807) is 11.6 Å². The first-order valence-corrected chi connectivity index (χ1v) is 8.17. The molecule has 3 rings (SSSR count). The van der Waals surface area contributed by atoms with Gasteiger partial charge in [0.2, 0.25) is 5.91 Å². The molecule has 1 aliphatic carbocycles. The van der Waals surface area contributed by atoms with Crippen molar-refractivity contribution in [3.8, 4) is 5.75 Å². The molecule has 0 unspecified atom stereocenters. The number of hydrogen-bond donors (Lipinski definition) is 0. The van der Waals surface area contributed by atoms with Crippen LogP contribution in [0.3, 0.4) is 0 Å². The van der Waals surface area contributed by atoms with E-state index < -0.39 is 0 Å². The maximum Gasteiger partial charge on any atom is 0.254 e. The summed E-state index contributed by atoms with van der Waals surface area (Å²) < 4.78 is 7.42. The van der Waals surface area contributed by atoms with E-state index >= 15 is 0 Å². The average molecular weight is 304 g/mol. The second-order valence-electron chi connectivity index (χ2n) is 6.55. The van der Waals surface area contributed by atoms with Gasteiger partial charge in [0.25, 0.3) is 5.56 Å². The van der Waals surface area contributed by atoms with Gasteiger partial charge < -0.3 is 14.2 Å². The number of rotatable bonds is 3. The van der Waals surface area contributed by atoms with Crippen LogP contribution in [0, 0.1) is 12.8 Å². The number of ether oxygens (including phenoxy) is 1. The summed E-state index contributed by atoms with van der Waals surface area (Å²) in [5.41, 5.74) is 0.807. The lowest BCUT2D eigenvalue weighted by molar-refractivity contribution is -0.145. The molecular formula is C17H24N2O3. The van der Waals surface area contributed by atoms with Gasteiger partial charge in [-0.1, -0.05) is 19.3 Å². The smallest absolute Gasteiger partial charge is 0.254 e. The highest BCUT2D eigenvalue weighted by atomic mass is 16.5. The van der Waals surface area contributed by atoms with Crippen LogP contribution >= 0.6 is 0 Å². The Bertz CT molecular complexity index is 611. The maximum absolute atomic E-state index is 12.3. The minimum Gasteiger partial charge on any atom is -0.486 e. The molecule has 0 atom stereocenters. The number of hydrogen-bond acceptors (Lipinski definition) is 3. The molecule has 0 N–H and O–H groups in total. The summed E-state index contributed by atoms with van der Waals surface area (Å²) in [7, 11) is 1.75. The van der Waals surface area contributed by atoms with Gasteiger partial charge in [-0.2, -0.15) is 0 Å². The van der Waals surface area contributed by atoms with Crippen molar-refractivity contribution in [2.45, 2.75) is 45.1 Å². The van der Waals surface area contributed by atoms with Crippen LogP contribution in [0.1, 0.15) is 37.8 Å². The Labute approximate surface area is 130 Å². The number of aromatic nitrogens is 1. The van der Waals surface area contributed by atoms with E-state index in [2.05, 4.69) is 0 Å². The molecule has 0 aromatic carbocycles. The molecule has 2 heterocycles. The van der Waals surface area contributed by atoms with Crippen molar-refractivity contribution in [2.24, 2.45) is 13.0 Å². The molecule has 2 fully saturated rings. The van der Waals surface area contributed by atoms with Crippen molar-refractivity contribution < 1.29 is 9.53 Å². The summed E-state index contributed by atoms with van der Waals surface area (Å²) in [5.74, 6) is 1.12. The topological polar surface area (TPSA) is 51.5 Å². The molecule has 0 spiro atoms. The second-order valence-corrected chi connectivity index (χ2v) is 6.55. The number of pyridine rings is 1. The van der Waals surface area contributed by atoms with Crippen molar-refractivity contribution in [2.75, 3.05) is 13.1 Å². The second kappa shape index (κ2) is 6.15. The predicted molar refractivity (Wildman–Crippen MR) is 84.0 cm³/mol. The highest BCUT2D eigenvalue weighted by Gasteiger charge is 2.36. The third-order valence-corrected chi connectivity index (χ3v) is 4.89. The fraction of sp³-hybridized carbons (Fsp3) is 0.647. The summed E-state index contributed by atoms with van der Waals surface area (Å²) in [5, 5.41) is 0. The normalized spacial score (nSPS) is 19.8. The molecule has 5 nitrogen and oxygen atoms in total. The number of aryl methyl sites for hydroxylation is 1. The molecule has 1 amide bonds. The van der Waals surface area contributed by atoms with Gasteiger partial charge in [-0.3, -0.25) is 9.59 Å². The molecule has 2 aliphatic rings. The van der Waals surface area contributed by atoms with Gasteiger partial charge in [-0.15, -0.1) is 0 Å². The summed E-state index contributed by atoms with van der Waals surface area (Å²) in [6, 6.07) is 3.38. The highest BCUT2D eigenvalue weighted by molar-refractivity contribution is 5.79. The number of amides is 1. The molecule has 1 aromatic heterocycles. The van der Waals surface area contributed by atoms with Crippen LogP contribution in [0.25, 0.3) is 0 Å². The van der Waals surface area contributed by atoms with Crippen LogP contribution in [0.2, 0.25) is 0 Å². The van der Waals surface area contributed by atoms with Crippen LogP contribution < -0.4 is 10.3 Å². The van der Waals surface area contributed by atoms with Gasteiger partial charge in [0.15, 0.2) is 0 Å². The first kappa shape index (κ1) is 15.1. The summed E-state index contributed by atoms with van der Waals surface area (Å²) in [6.07, 6.45) is 5.70. The van der Waals surface area contributed by atoms with E-state index in [0.29, 0.717) is 24.7 Å². The predicted octanol–water partition coefficient (Wildman–Crippen LogP) is 1.86. The monoisotopic (exact) mass is 304 g/mol. The quantitative estimate of drug-likeness (QED) is 0.856. The first-order valence-electron chi connectivity index (χ1n) is 8.17. The first-order chi connectivity index (χ1) is 10.5. The van der Waals surface area contributed by atoms with Gasteiger partial charge in [0.05, 0.1) is 13.1 Å². The molecule has 5 heteroatoms. The van der Waals surface area contributed by atoms with Gasteiger partial charge in [0.1, 0.15) is 11.9 Å². The van der Waals surface area contributed by atoms with Crippen LogP contribution in [0.5, 0.6) is 5.75 Å². The van der Waals surface area contributed by atoms with Crippen molar-refractivity contribution in [1.29, 1.82) is 0 Å². The molecule has 0 bridgehead atoms. The van der Waals surface area contributed by atoms with Crippen LogP contribution in [-0.2, 0) is 11.8 Å². The highest BCUT2D eigenvalue weighted by Crippen LogP contribution is 2.28. The Kier molecular flexibility index (Phi) is 4.23. The molecule has 1 aliphatic heterocycles. The largest absolute Gasteiger partial charge is 0.486 e. The van der Waals surface area contributed by atoms with Crippen molar-refractivity contribution in [3.05, 3.63) is 28.2 Å². The Morgan fingerprint density at radius 3 is 2.50 bits per heavy atom. The lowest BCUT2D eigenvalue weighted by Gasteiger charge is -2.41. The van der Waals surface area contributed by atoms with E-state index in [1.807, 2.05) is 17.9 Å². The maximum atomic E-state index is 12.3. The van der Waals surface area contributed by atoms with E-state index in [1.165, 1.54) is 25.3 Å². The minimum atomic E-state index is -0.0653. The number of nitrogens with zero attached hydrogens (tertiary/aromatic N) is 2. The Morgan fingerprint density at radius 2 is 1.86 bits per heavy atom. The number of carbonyl (C=O) groups is 1. The minimum absolute atomic E-state index is 0.0130.